The van der Waals surface area contributed by atoms with Crippen LogP contribution in [0.5, 0.6) is 0 Å². The number of nitrogens with one attached hydrogen (secondary N) is 2. The Bertz CT molecular complexity index is 675. The summed E-state index contributed by atoms with van der Waals surface area (Å²) in [7, 11) is 0. The highest BCUT2D eigenvalue weighted by atomic mass is 35.5. The third kappa shape index (κ3) is 2.17. The number of hydrogen-bond acceptors (Lipinski definition) is 2. The Kier molecular flexibility index (Phi) is 2.90. The molecule has 3 rings (SSSR count). The SMILES string of the molecule is Clc1ccccc1CNc1ccc2cc[nH]c2n1. The largest absolute Gasteiger partial charge is 0.366 e. The van der Waals surface area contributed by atoms with Crippen molar-refractivity contribution >= 4 is 28.5 Å². The van der Waals surface area contributed by atoms with Gasteiger partial charge in [-0.3, -0.25) is 0 Å². The van der Waals surface area contributed by atoms with Crippen molar-refractivity contribution in [3.8, 4) is 0 Å². The number of halogens is 1. The molecule has 0 aliphatic heterocycles. The molecule has 0 radical (unpaired) electrons. The lowest BCUT2D eigenvalue weighted by molar-refractivity contribution is 1.12. The Morgan fingerprint density at radius 3 is 2.89 bits per heavy atom. The molecule has 4 heteroatoms. The molecular weight excluding hydrogens is 246 g/mol. The molecule has 2 N–H and O–H groups in total. The Morgan fingerprint density at radius 1 is 1.11 bits per heavy atom. The summed E-state index contributed by atoms with van der Waals surface area (Å²) in [4.78, 5) is 7.56. The Morgan fingerprint density at radius 2 is 2.00 bits per heavy atom. The van der Waals surface area contributed by atoms with Gasteiger partial charge in [0.05, 0.1) is 0 Å². The molecule has 0 unspecified atom stereocenters. The first kappa shape index (κ1) is 11.1. The molecule has 0 spiro atoms. The quantitative estimate of drug-likeness (QED) is 0.749. The zero-order valence-corrected chi connectivity index (χ0v) is 10.4. The number of pyridine rings is 1. The summed E-state index contributed by atoms with van der Waals surface area (Å²) in [5.74, 6) is 0.838. The molecule has 1 aromatic carbocycles. The van der Waals surface area contributed by atoms with Crippen LogP contribution in [0, 0.1) is 0 Å². The number of nitrogens with zero attached hydrogens (tertiary/aromatic N) is 1. The van der Waals surface area contributed by atoms with Crippen molar-refractivity contribution < 1.29 is 0 Å². The molecule has 2 aromatic heterocycles. The second kappa shape index (κ2) is 4.70. The number of aromatic amines is 1. The van der Waals surface area contributed by atoms with Crippen molar-refractivity contribution in [2.75, 3.05) is 5.32 Å². The van der Waals surface area contributed by atoms with Crippen LogP contribution in [-0.4, -0.2) is 9.97 Å². The van der Waals surface area contributed by atoms with E-state index in [1.165, 1.54) is 0 Å². The molecule has 0 aliphatic carbocycles. The minimum Gasteiger partial charge on any atom is -0.366 e. The van der Waals surface area contributed by atoms with Crippen LogP contribution in [0.3, 0.4) is 0 Å². The Balaban J connectivity index is 1.78. The standard InChI is InChI=1S/C14H12ClN3/c15-12-4-2-1-3-11(12)9-17-13-6-5-10-7-8-16-14(10)18-13/h1-8H,9H2,(H2,16,17,18). The summed E-state index contributed by atoms with van der Waals surface area (Å²) in [5.41, 5.74) is 1.95. The molecule has 0 atom stereocenters. The number of fused-ring (bicyclic) bond motifs is 1. The van der Waals surface area contributed by atoms with Crippen molar-refractivity contribution in [2.45, 2.75) is 6.54 Å². The summed E-state index contributed by atoms with van der Waals surface area (Å²) in [6.45, 7) is 0.666. The van der Waals surface area contributed by atoms with E-state index in [9.17, 15) is 0 Å². The predicted molar refractivity (Wildman–Crippen MR) is 74.9 cm³/mol. The molecule has 18 heavy (non-hydrogen) atoms. The van der Waals surface area contributed by atoms with Gasteiger partial charge in [-0.25, -0.2) is 4.98 Å². The van der Waals surface area contributed by atoms with E-state index in [-0.39, 0.29) is 0 Å². The van der Waals surface area contributed by atoms with Gasteiger partial charge in [0, 0.05) is 23.2 Å². The van der Waals surface area contributed by atoms with Crippen LogP contribution in [0.15, 0.2) is 48.7 Å². The average molecular weight is 258 g/mol. The molecular formula is C14H12ClN3. The summed E-state index contributed by atoms with van der Waals surface area (Å²) in [5, 5.41) is 5.15. The van der Waals surface area contributed by atoms with Crippen molar-refractivity contribution in [3.05, 3.63) is 59.2 Å². The predicted octanol–water partition coefficient (Wildman–Crippen LogP) is 3.83. The van der Waals surface area contributed by atoms with Gasteiger partial charge in [0.2, 0.25) is 0 Å². The van der Waals surface area contributed by atoms with Crippen LogP contribution >= 0.6 is 11.6 Å². The highest BCUT2D eigenvalue weighted by Crippen LogP contribution is 2.17. The van der Waals surface area contributed by atoms with E-state index in [4.69, 9.17) is 11.6 Å². The van der Waals surface area contributed by atoms with E-state index in [1.54, 1.807) is 0 Å². The van der Waals surface area contributed by atoms with Gasteiger partial charge in [-0.2, -0.15) is 0 Å². The molecule has 90 valence electrons. The summed E-state index contributed by atoms with van der Waals surface area (Å²) in [6.07, 6.45) is 1.88. The van der Waals surface area contributed by atoms with E-state index in [0.717, 1.165) is 27.4 Å². The maximum absolute atomic E-state index is 6.10. The monoisotopic (exact) mass is 257 g/mol. The Labute approximate surface area is 110 Å². The molecule has 3 aromatic rings. The van der Waals surface area contributed by atoms with Crippen LogP contribution in [0.4, 0.5) is 5.82 Å². The normalized spacial score (nSPS) is 10.7. The van der Waals surface area contributed by atoms with Crippen LogP contribution in [0.2, 0.25) is 5.02 Å². The van der Waals surface area contributed by atoms with E-state index in [1.807, 2.05) is 48.7 Å². The molecule has 0 saturated heterocycles. The van der Waals surface area contributed by atoms with Crippen LogP contribution in [0.1, 0.15) is 5.56 Å². The van der Waals surface area contributed by atoms with Crippen LogP contribution < -0.4 is 5.32 Å². The van der Waals surface area contributed by atoms with Gasteiger partial charge in [-0.05, 0) is 29.8 Å². The van der Waals surface area contributed by atoms with Crippen molar-refractivity contribution in [1.82, 2.24) is 9.97 Å². The van der Waals surface area contributed by atoms with Crippen LogP contribution in [0.25, 0.3) is 11.0 Å². The minimum absolute atomic E-state index is 0.666. The van der Waals surface area contributed by atoms with Gasteiger partial charge in [-0.15, -0.1) is 0 Å². The first-order valence-electron chi connectivity index (χ1n) is 5.74. The van der Waals surface area contributed by atoms with Crippen molar-refractivity contribution in [2.24, 2.45) is 0 Å². The molecule has 0 saturated carbocycles. The minimum atomic E-state index is 0.666. The first-order valence-corrected chi connectivity index (χ1v) is 6.12. The van der Waals surface area contributed by atoms with Gasteiger partial charge in [0.25, 0.3) is 0 Å². The number of aromatic nitrogens is 2. The van der Waals surface area contributed by atoms with Crippen molar-refractivity contribution in [1.29, 1.82) is 0 Å². The molecule has 2 heterocycles. The van der Waals surface area contributed by atoms with Gasteiger partial charge in [-0.1, -0.05) is 29.8 Å². The topological polar surface area (TPSA) is 40.7 Å². The third-order valence-corrected chi connectivity index (χ3v) is 3.20. The van der Waals surface area contributed by atoms with E-state index < -0.39 is 0 Å². The third-order valence-electron chi connectivity index (χ3n) is 2.83. The molecule has 3 nitrogen and oxygen atoms in total. The fraction of sp³-hybridized carbons (Fsp3) is 0.0714. The average Bonchev–Trinajstić information content (AvgIpc) is 2.85. The van der Waals surface area contributed by atoms with Gasteiger partial charge in [0.15, 0.2) is 0 Å². The lowest BCUT2D eigenvalue weighted by Crippen LogP contribution is -2.01. The number of rotatable bonds is 3. The van der Waals surface area contributed by atoms with Crippen molar-refractivity contribution in [3.63, 3.8) is 0 Å². The number of benzene rings is 1. The molecule has 0 fully saturated rings. The highest BCUT2D eigenvalue weighted by molar-refractivity contribution is 6.31. The maximum atomic E-state index is 6.10. The van der Waals surface area contributed by atoms with Gasteiger partial charge >= 0.3 is 0 Å². The summed E-state index contributed by atoms with van der Waals surface area (Å²) < 4.78 is 0. The molecule has 0 bridgehead atoms. The van der Waals surface area contributed by atoms with Crippen LogP contribution in [-0.2, 0) is 6.54 Å². The smallest absolute Gasteiger partial charge is 0.139 e. The fourth-order valence-electron chi connectivity index (χ4n) is 1.86. The van der Waals surface area contributed by atoms with Gasteiger partial charge in [0.1, 0.15) is 11.5 Å². The summed E-state index contributed by atoms with van der Waals surface area (Å²) in [6, 6.07) is 13.8. The second-order valence-electron chi connectivity index (χ2n) is 4.06. The number of anilines is 1. The second-order valence-corrected chi connectivity index (χ2v) is 4.46. The van der Waals surface area contributed by atoms with E-state index in [0.29, 0.717) is 6.54 Å². The van der Waals surface area contributed by atoms with Gasteiger partial charge < -0.3 is 10.3 Å². The summed E-state index contributed by atoms with van der Waals surface area (Å²) >= 11 is 6.10. The lowest BCUT2D eigenvalue weighted by Gasteiger charge is -2.07. The van der Waals surface area contributed by atoms with E-state index >= 15 is 0 Å². The fourth-order valence-corrected chi connectivity index (χ4v) is 2.06. The Hall–Kier alpha value is -2.00. The number of hydrogen-bond donors (Lipinski definition) is 2. The number of H-pyrrole nitrogens is 1. The zero-order chi connectivity index (χ0) is 12.4. The zero-order valence-electron chi connectivity index (χ0n) is 9.65. The highest BCUT2D eigenvalue weighted by Gasteiger charge is 2.01. The molecule has 0 amide bonds. The lowest BCUT2D eigenvalue weighted by atomic mass is 10.2. The molecule has 0 aliphatic rings. The first-order chi connectivity index (χ1) is 8.83. The van der Waals surface area contributed by atoms with E-state index in [2.05, 4.69) is 15.3 Å². The maximum Gasteiger partial charge on any atom is 0.139 e.